The van der Waals surface area contributed by atoms with Crippen LogP contribution in [0.2, 0.25) is 0 Å². The number of nitrogens with zero attached hydrogens (tertiary/aromatic N) is 8. The first-order valence-corrected chi connectivity index (χ1v) is 11.4. The molecular formula is C25H20F3N9O2. The van der Waals surface area contributed by atoms with Crippen molar-refractivity contribution in [2.24, 2.45) is 7.05 Å². The van der Waals surface area contributed by atoms with Crippen molar-refractivity contribution >= 4 is 39.4 Å². The quantitative estimate of drug-likeness (QED) is 0.347. The summed E-state index contributed by atoms with van der Waals surface area (Å²) in [6.07, 6.45) is 0.418. The molecule has 5 aromatic rings. The van der Waals surface area contributed by atoms with E-state index in [-0.39, 0.29) is 29.4 Å². The number of aromatic nitrogens is 6. The Morgan fingerprint density at radius 2 is 1.74 bits per heavy atom. The summed E-state index contributed by atoms with van der Waals surface area (Å²) in [6, 6.07) is 8.26. The van der Waals surface area contributed by atoms with Crippen LogP contribution in [0.25, 0.3) is 21.8 Å². The molecule has 2 amide bonds. The topological polar surface area (TPSA) is 136 Å². The highest BCUT2D eigenvalue weighted by Gasteiger charge is 2.31. The van der Waals surface area contributed by atoms with Gasteiger partial charge in [-0.2, -0.15) is 18.3 Å². The molecule has 0 aliphatic rings. The van der Waals surface area contributed by atoms with Crippen molar-refractivity contribution in [3.8, 4) is 0 Å². The van der Waals surface area contributed by atoms with Gasteiger partial charge in [0.25, 0.3) is 5.91 Å². The molecule has 0 bridgehead atoms. The van der Waals surface area contributed by atoms with E-state index in [9.17, 15) is 22.8 Å². The van der Waals surface area contributed by atoms with Crippen molar-refractivity contribution in [2.45, 2.75) is 12.7 Å². The van der Waals surface area contributed by atoms with E-state index in [4.69, 9.17) is 5.73 Å². The molecular weight excluding hydrogens is 515 g/mol. The maximum Gasteiger partial charge on any atom is 0.417 e. The number of hydrogen-bond acceptors (Lipinski definition) is 8. The number of nitrogen functional groups attached to an aromatic ring is 1. The predicted molar refractivity (Wildman–Crippen MR) is 134 cm³/mol. The summed E-state index contributed by atoms with van der Waals surface area (Å²) in [5, 5.41) is 7.49. The Balaban J connectivity index is 1.56. The molecule has 0 atom stereocenters. The molecule has 0 fully saturated rings. The molecule has 11 nitrogen and oxygen atoms in total. The molecule has 1 aromatic carbocycles. The number of carbonyl (C=O) groups is 2. The van der Waals surface area contributed by atoms with Gasteiger partial charge >= 0.3 is 12.1 Å². The third-order valence-electron chi connectivity index (χ3n) is 6.07. The van der Waals surface area contributed by atoms with Crippen molar-refractivity contribution in [1.29, 1.82) is 0 Å². The van der Waals surface area contributed by atoms with E-state index < -0.39 is 23.6 Å². The second-order valence-electron chi connectivity index (χ2n) is 8.56. The van der Waals surface area contributed by atoms with Crippen LogP contribution in [0, 0.1) is 0 Å². The van der Waals surface area contributed by atoms with Gasteiger partial charge in [-0.3, -0.25) is 19.3 Å². The van der Waals surface area contributed by atoms with Crippen LogP contribution < -0.4 is 5.73 Å². The number of alkyl halides is 3. The fraction of sp³-hybridized carbons (Fsp3) is 0.160. The number of halogens is 3. The minimum absolute atomic E-state index is 0.120. The predicted octanol–water partition coefficient (Wildman–Crippen LogP) is 3.24. The number of anilines is 1. The van der Waals surface area contributed by atoms with Gasteiger partial charge in [-0.15, -0.1) is 0 Å². The van der Waals surface area contributed by atoms with Crippen molar-refractivity contribution in [3.63, 3.8) is 0 Å². The second-order valence-corrected chi connectivity index (χ2v) is 8.56. The Morgan fingerprint density at radius 1 is 1.00 bits per heavy atom. The molecule has 0 spiro atoms. The number of pyridine rings is 2. The van der Waals surface area contributed by atoms with Crippen LogP contribution >= 0.6 is 0 Å². The lowest BCUT2D eigenvalue weighted by atomic mass is 10.1. The van der Waals surface area contributed by atoms with Gasteiger partial charge in [-0.1, -0.05) is 0 Å². The molecule has 2 N–H and O–H groups in total. The molecule has 0 aliphatic carbocycles. The van der Waals surface area contributed by atoms with Crippen molar-refractivity contribution in [2.75, 3.05) is 12.8 Å². The molecule has 0 saturated carbocycles. The molecule has 4 aromatic heterocycles. The number of aryl methyl sites for hydroxylation is 1. The van der Waals surface area contributed by atoms with Gasteiger partial charge < -0.3 is 5.73 Å². The maximum absolute atomic E-state index is 13.8. The van der Waals surface area contributed by atoms with Crippen LogP contribution in [-0.2, 0) is 19.8 Å². The minimum Gasteiger partial charge on any atom is -0.383 e. The van der Waals surface area contributed by atoms with Crippen molar-refractivity contribution in [1.82, 2.24) is 39.7 Å². The zero-order valence-corrected chi connectivity index (χ0v) is 20.6. The number of amides is 2. The largest absolute Gasteiger partial charge is 0.417 e. The Bertz CT molecular complexity index is 1700. The molecule has 39 heavy (non-hydrogen) atoms. The van der Waals surface area contributed by atoms with Gasteiger partial charge in [0.1, 0.15) is 5.82 Å². The lowest BCUT2D eigenvalue weighted by Gasteiger charge is -2.31. The number of benzene rings is 1. The normalized spacial score (nSPS) is 11.6. The van der Waals surface area contributed by atoms with Crippen LogP contribution in [0.1, 0.15) is 32.2 Å². The zero-order valence-electron chi connectivity index (χ0n) is 20.6. The molecule has 0 aliphatic heterocycles. The Kier molecular flexibility index (Phi) is 6.30. The summed E-state index contributed by atoms with van der Waals surface area (Å²) in [5.41, 5.74) is 6.60. The molecule has 5 rings (SSSR count). The summed E-state index contributed by atoms with van der Waals surface area (Å²) >= 11 is 0. The Morgan fingerprint density at radius 3 is 2.41 bits per heavy atom. The average molecular weight is 535 g/mol. The van der Waals surface area contributed by atoms with E-state index in [0.29, 0.717) is 28.0 Å². The molecule has 4 heterocycles. The van der Waals surface area contributed by atoms with Crippen molar-refractivity contribution in [3.05, 3.63) is 83.8 Å². The van der Waals surface area contributed by atoms with Crippen LogP contribution in [0.15, 0.2) is 61.2 Å². The second kappa shape index (κ2) is 9.63. The average Bonchev–Trinajstić information content (AvgIpc) is 3.33. The Hall–Kier alpha value is -5.14. The fourth-order valence-electron chi connectivity index (χ4n) is 4.06. The van der Waals surface area contributed by atoms with E-state index in [2.05, 4.69) is 25.0 Å². The van der Waals surface area contributed by atoms with Crippen LogP contribution in [-0.4, -0.2) is 58.6 Å². The lowest BCUT2D eigenvalue weighted by Crippen LogP contribution is -2.47. The Labute approximate surface area is 218 Å². The standard InChI is InChI=1S/C25H20F3N9O2/c1-35-20-17-10-14(4-7-19(17)34-21(29)18(20)12-33-35)23(38)37(36(2)24(39)22-30-8-3-9-31-22)13-16-6-5-15(11-32-16)25(26,27)28/h3-12H,13H2,1-2H3,(H2,29,34). The first kappa shape index (κ1) is 25.5. The van der Waals surface area contributed by atoms with Gasteiger partial charge in [0, 0.05) is 43.6 Å². The summed E-state index contributed by atoms with van der Waals surface area (Å²) in [4.78, 5) is 43.1. The smallest absolute Gasteiger partial charge is 0.383 e. The van der Waals surface area contributed by atoms with Crippen LogP contribution in [0.3, 0.4) is 0 Å². The zero-order chi connectivity index (χ0) is 27.9. The van der Waals surface area contributed by atoms with Gasteiger partial charge in [-0.05, 0) is 36.4 Å². The monoisotopic (exact) mass is 535 g/mol. The molecule has 0 radical (unpaired) electrons. The van der Waals surface area contributed by atoms with Gasteiger partial charge in [0.15, 0.2) is 0 Å². The third kappa shape index (κ3) is 4.79. The van der Waals surface area contributed by atoms with Crippen LogP contribution in [0.5, 0.6) is 0 Å². The number of hydrazine groups is 1. The van der Waals surface area contributed by atoms with Gasteiger partial charge in [0.05, 0.1) is 40.4 Å². The summed E-state index contributed by atoms with van der Waals surface area (Å²) in [5.74, 6) is -1.22. The SMILES string of the molecule is CN(C(=O)c1ncccn1)N(Cc1ccc(C(F)(F)F)cn1)C(=O)c1ccc2nc(N)c3cnn(C)c3c2c1. The molecule has 14 heteroatoms. The maximum atomic E-state index is 13.8. The van der Waals surface area contributed by atoms with E-state index in [1.165, 1.54) is 31.6 Å². The molecule has 0 saturated heterocycles. The van der Waals surface area contributed by atoms with E-state index in [0.717, 1.165) is 22.2 Å². The van der Waals surface area contributed by atoms with Crippen LogP contribution in [0.4, 0.5) is 19.0 Å². The highest BCUT2D eigenvalue weighted by atomic mass is 19.4. The molecule has 0 unspecified atom stereocenters. The number of fused-ring (bicyclic) bond motifs is 3. The lowest BCUT2D eigenvalue weighted by molar-refractivity contribution is -0.137. The highest BCUT2D eigenvalue weighted by Crippen LogP contribution is 2.30. The summed E-state index contributed by atoms with van der Waals surface area (Å²) in [6.45, 7) is -0.314. The summed E-state index contributed by atoms with van der Waals surface area (Å²) < 4.78 is 40.7. The number of carbonyl (C=O) groups excluding carboxylic acids is 2. The molecule has 198 valence electrons. The summed E-state index contributed by atoms with van der Waals surface area (Å²) in [7, 11) is 3.06. The number of nitrogens with two attached hydrogens (primary N) is 1. The first-order chi connectivity index (χ1) is 18.5. The van der Waals surface area contributed by atoms with Gasteiger partial charge in [0.2, 0.25) is 5.82 Å². The van der Waals surface area contributed by atoms with Gasteiger partial charge in [-0.25, -0.2) is 25.0 Å². The highest BCUT2D eigenvalue weighted by molar-refractivity contribution is 6.10. The number of rotatable bonds is 4. The van der Waals surface area contributed by atoms with E-state index >= 15 is 0 Å². The fourth-order valence-corrected chi connectivity index (χ4v) is 4.06. The van der Waals surface area contributed by atoms with E-state index in [1.54, 1.807) is 30.1 Å². The number of hydrogen-bond donors (Lipinski definition) is 1. The minimum atomic E-state index is -4.57. The van der Waals surface area contributed by atoms with Crippen molar-refractivity contribution < 1.29 is 22.8 Å². The van der Waals surface area contributed by atoms with E-state index in [1.807, 2.05) is 0 Å². The third-order valence-corrected chi connectivity index (χ3v) is 6.07. The first-order valence-electron chi connectivity index (χ1n) is 11.4.